The van der Waals surface area contributed by atoms with Crippen LogP contribution >= 0.6 is 12.6 Å². The Labute approximate surface area is 47.9 Å². The van der Waals surface area contributed by atoms with Gasteiger partial charge in [-0.2, -0.15) is 12.6 Å². The molecule has 1 N–H and O–H groups in total. The first-order chi connectivity index (χ1) is 3.30. The van der Waals surface area contributed by atoms with Gasteiger partial charge in [-0.1, -0.05) is 0 Å². The van der Waals surface area contributed by atoms with Crippen LogP contribution in [0.1, 0.15) is 6.42 Å². The first kappa shape index (κ1) is 5.41. The number of ether oxygens (including phenoxy) is 1. The molecule has 3 heteroatoms. The van der Waals surface area contributed by atoms with E-state index in [0.717, 1.165) is 6.42 Å². The lowest BCUT2D eigenvalue weighted by atomic mass is 10.3. The van der Waals surface area contributed by atoms with E-state index in [2.05, 4.69) is 12.6 Å². The quantitative estimate of drug-likeness (QED) is 0.441. The number of rotatable bonds is 0. The Kier molecular flexibility index (Phi) is 1.57. The molecule has 0 aromatic rings. The summed E-state index contributed by atoms with van der Waals surface area (Å²) in [6.07, 6.45) is 0.243. The molecule has 2 unspecified atom stereocenters. The van der Waals surface area contributed by atoms with Gasteiger partial charge in [0.2, 0.25) is 0 Å². The molecule has 42 valence electrons. The van der Waals surface area contributed by atoms with Gasteiger partial charge in [0.05, 0.1) is 11.9 Å². The zero-order chi connectivity index (χ0) is 5.28. The Hall–Kier alpha value is 0.270. The molecule has 2 nitrogen and oxygen atoms in total. The molecule has 1 saturated heterocycles. The molecule has 1 fully saturated rings. The van der Waals surface area contributed by atoms with Crippen LogP contribution in [0.3, 0.4) is 0 Å². The van der Waals surface area contributed by atoms with Crippen molar-refractivity contribution in [3.8, 4) is 0 Å². The summed E-state index contributed by atoms with van der Waals surface area (Å²) in [4.78, 5) is 0. The van der Waals surface area contributed by atoms with E-state index in [1.54, 1.807) is 0 Å². The second kappa shape index (κ2) is 2.03. The van der Waals surface area contributed by atoms with E-state index in [-0.39, 0.29) is 5.25 Å². The lowest BCUT2D eigenvalue weighted by Crippen LogP contribution is -2.13. The fraction of sp³-hybridized carbons (Fsp3) is 1.00. The van der Waals surface area contributed by atoms with Crippen molar-refractivity contribution in [2.24, 2.45) is 0 Å². The molecule has 1 heterocycles. The molecule has 0 bridgehead atoms. The maximum Gasteiger partial charge on any atom is 0.166 e. The smallest absolute Gasteiger partial charge is 0.166 e. The fourth-order valence-corrected chi connectivity index (χ4v) is 0.755. The van der Waals surface area contributed by atoms with Crippen molar-refractivity contribution >= 4 is 12.6 Å². The Balaban J connectivity index is 2.33. The first-order valence-corrected chi connectivity index (χ1v) is 2.80. The van der Waals surface area contributed by atoms with Crippen LogP contribution in [0.2, 0.25) is 0 Å². The molecule has 0 saturated carbocycles. The van der Waals surface area contributed by atoms with E-state index < -0.39 is 6.29 Å². The molecule has 0 radical (unpaired) electrons. The molecule has 0 amide bonds. The van der Waals surface area contributed by atoms with Gasteiger partial charge in [0.25, 0.3) is 0 Å². The third-order valence-electron chi connectivity index (χ3n) is 1.03. The predicted molar refractivity (Wildman–Crippen MR) is 29.3 cm³/mol. The summed E-state index contributed by atoms with van der Waals surface area (Å²) >= 11 is 4.01. The van der Waals surface area contributed by atoms with Gasteiger partial charge >= 0.3 is 0 Å². The standard InChI is InChI=1S/C4H8O2S/c5-4-3(7)1-2-6-4/h3-5,7H,1-2H2. The molecule has 0 spiro atoms. The summed E-state index contributed by atoms with van der Waals surface area (Å²) in [6, 6.07) is 0. The second-order valence-corrected chi connectivity index (χ2v) is 2.28. The molecule has 1 rings (SSSR count). The van der Waals surface area contributed by atoms with Gasteiger partial charge in [0.15, 0.2) is 6.29 Å². The highest BCUT2D eigenvalue weighted by atomic mass is 32.1. The minimum absolute atomic E-state index is 0.0417. The Morgan fingerprint density at radius 2 is 2.43 bits per heavy atom. The Morgan fingerprint density at radius 1 is 1.71 bits per heavy atom. The maximum absolute atomic E-state index is 8.70. The van der Waals surface area contributed by atoms with Crippen molar-refractivity contribution < 1.29 is 9.84 Å². The van der Waals surface area contributed by atoms with E-state index in [1.165, 1.54) is 0 Å². The number of aliphatic hydroxyl groups excluding tert-OH is 1. The molecular formula is C4H8O2S. The Morgan fingerprint density at radius 3 is 2.57 bits per heavy atom. The van der Waals surface area contributed by atoms with Crippen molar-refractivity contribution in [3.63, 3.8) is 0 Å². The van der Waals surface area contributed by atoms with Crippen molar-refractivity contribution in [1.82, 2.24) is 0 Å². The van der Waals surface area contributed by atoms with E-state index in [0.29, 0.717) is 6.61 Å². The topological polar surface area (TPSA) is 29.5 Å². The van der Waals surface area contributed by atoms with Crippen molar-refractivity contribution in [1.29, 1.82) is 0 Å². The number of aliphatic hydroxyl groups is 1. The summed E-state index contributed by atoms with van der Waals surface area (Å²) in [5.41, 5.74) is 0. The normalized spacial score (nSPS) is 42.0. The average molecular weight is 120 g/mol. The van der Waals surface area contributed by atoms with Gasteiger partial charge in [0.1, 0.15) is 0 Å². The van der Waals surface area contributed by atoms with E-state index in [9.17, 15) is 0 Å². The molecule has 0 aromatic heterocycles. The van der Waals surface area contributed by atoms with Gasteiger partial charge in [0, 0.05) is 0 Å². The van der Waals surface area contributed by atoms with Gasteiger partial charge in [-0.25, -0.2) is 0 Å². The van der Waals surface area contributed by atoms with Crippen LogP contribution in [0.4, 0.5) is 0 Å². The van der Waals surface area contributed by atoms with Crippen molar-refractivity contribution in [3.05, 3.63) is 0 Å². The minimum Gasteiger partial charge on any atom is -0.367 e. The van der Waals surface area contributed by atoms with Gasteiger partial charge in [-0.15, -0.1) is 0 Å². The highest BCUT2D eigenvalue weighted by Crippen LogP contribution is 2.15. The monoisotopic (exact) mass is 120 g/mol. The van der Waals surface area contributed by atoms with Crippen LogP contribution in [-0.2, 0) is 4.74 Å². The van der Waals surface area contributed by atoms with Crippen LogP contribution in [0.25, 0.3) is 0 Å². The molecule has 1 aliphatic heterocycles. The zero-order valence-corrected chi connectivity index (χ0v) is 4.77. The molecule has 7 heavy (non-hydrogen) atoms. The second-order valence-electron chi connectivity index (χ2n) is 1.62. The van der Waals surface area contributed by atoms with Gasteiger partial charge < -0.3 is 9.84 Å². The number of hydrogen-bond donors (Lipinski definition) is 2. The predicted octanol–water partition coefficient (Wildman–Crippen LogP) is 0.0235. The zero-order valence-electron chi connectivity index (χ0n) is 3.87. The SMILES string of the molecule is OC1OCCC1S. The first-order valence-electron chi connectivity index (χ1n) is 2.28. The maximum atomic E-state index is 8.70. The van der Waals surface area contributed by atoms with E-state index >= 15 is 0 Å². The van der Waals surface area contributed by atoms with E-state index in [4.69, 9.17) is 9.84 Å². The molecule has 0 aromatic carbocycles. The molecule has 0 aliphatic carbocycles. The summed E-state index contributed by atoms with van der Waals surface area (Å²) in [5.74, 6) is 0. The third-order valence-corrected chi connectivity index (χ3v) is 1.54. The average Bonchev–Trinajstić information content (AvgIpc) is 1.91. The minimum atomic E-state index is -0.622. The highest BCUT2D eigenvalue weighted by molar-refractivity contribution is 7.81. The summed E-state index contributed by atoms with van der Waals surface area (Å²) < 4.78 is 4.74. The van der Waals surface area contributed by atoms with Crippen molar-refractivity contribution in [2.45, 2.75) is 18.0 Å². The lowest BCUT2D eigenvalue weighted by Gasteiger charge is -2.02. The largest absolute Gasteiger partial charge is 0.367 e. The summed E-state index contributed by atoms with van der Waals surface area (Å²) in [7, 11) is 0. The lowest BCUT2D eigenvalue weighted by molar-refractivity contribution is -0.0558. The fourth-order valence-electron chi connectivity index (χ4n) is 0.563. The summed E-state index contributed by atoms with van der Waals surface area (Å²) in [6.45, 7) is 0.648. The third kappa shape index (κ3) is 1.08. The van der Waals surface area contributed by atoms with Crippen molar-refractivity contribution in [2.75, 3.05) is 6.61 Å². The highest BCUT2D eigenvalue weighted by Gasteiger charge is 2.21. The molecular weight excluding hydrogens is 112 g/mol. The van der Waals surface area contributed by atoms with Gasteiger partial charge in [-0.05, 0) is 6.42 Å². The van der Waals surface area contributed by atoms with Crippen LogP contribution < -0.4 is 0 Å². The molecule has 2 atom stereocenters. The molecule has 1 aliphatic rings. The van der Waals surface area contributed by atoms with Crippen LogP contribution in [0, 0.1) is 0 Å². The van der Waals surface area contributed by atoms with Crippen LogP contribution in [-0.4, -0.2) is 23.3 Å². The number of hydrogen-bond acceptors (Lipinski definition) is 3. The van der Waals surface area contributed by atoms with Crippen LogP contribution in [0.5, 0.6) is 0 Å². The summed E-state index contributed by atoms with van der Waals surface area (Å²) in [5, 5.41) is 8.74. The van der Waals surface area contributed by atoms with E-state index in [1.807, 2.05) is 0 Å². The van der Waals surface area contributed by atoms with Crippen LogP contribution in [0.15, 0.2) is 0 Å². The Bertz CT molecular complexity index is 58.7. The number of thiol groups is 1. The van der Waals surface area contributed by atoms with Gasteiger partial charge in [-0.3, -0.25) is 0 Å².